The van der Waals surface area contributed by atoms with Gasteiger partial charge >= 0.3 is 0 Å². The van der Waals surface area contributed by atoms with Crippen LogP contribution in [0, 0.1) is 0 Å². The number of thioether (sulfide) groups is 1. The molecule has 0 atom stereocenters. The Balaban J connectivity index is 1.31. The molecule has 5 rings (SSSR count). The van der Waals surface area contributed by atoms with E-state index in [1.54, 1.807) is 0 Å². The third-order valence-electron chi connectivity index (χ3n) is 6.07. The highest BCUT2D eigenvalue weighted by atomic mass is 32.2. The fraction of sp³-hybridized carbons (Fsp3) is 0.222. The average Bonchev–Trinajstić information content (AvgIpc) is 3.38. The monoisotopic (exact) mass is 455 g/mol. The number of nitrogens with one attached hydrogen (secondary N) is 1. The zero-order chi connectivity index (χ0) is 22.6. The van der Waals surface area contributed by atoms with E-state index >= 15 is 0 Å². The van der Waals surface area contributed by atoms with Crippen LogP contribution in [0.3, 0.4) is 0 Å². The minimum Gasteiger partial charge on any atom is -0.325 e. The van der Waals surface area contributed by atoms with Crippen LogP contribution in [-0.2, 0) is 4.79 Å². The minimum absolute atomic E-state index is 0.00749. The van der Waals surface area contributed by atoms with E-state index in [0.717, 1.165) is 42.5 Å². The molecule has 166 valence electrons. The number of rotatable bonds is 6. The number of carbonyl (C=O) groups excluding carboxylic acids is 1. The molecule has 4 aromatic rings. The van der Waals surface area contributed by atoms with Crippen LogP contribution in [0.4, 0.5) is 5.69 Å². The van der Waals surface area contributed by atoms with Gasteiger partial charge in [0.05, 0.1) is 16.7 Å². The molecule has 1 aliphatic carbocycles. The Kier molecular flexibility index (Phi) is 6.26. The Morgan fingerprint density at radius 1 is 0.909 bits per heavy atom. The number of carbonyl (C=O) groups is 1. The molecular weight excluding hydrogens is 430 g/mol. The first-order valence-electron chi connectivity index (χ1n) is 11.3. The normalized spacial score (nSPS) is 13.9. The lowest BCUT2D eigenvalue weighted by atomic mass is 10.1. The Morgan fingerprint density at radius 3 is 2.33 bits per heavy atom. The highest BCUT2D eigenvalue weighted by Crippen LogP contribution is 2.32. The summed E-state index contributed by atoms with van der Waals surface area (Å²) in [4.78, 5) is 30.7. The summed E-state index contributed by atoms with van der Waals surface area (Å²) in [6.07, 6.45) is 4.20. The number of nitrogens with zero attached hydrogens (tertiary/aromatic N) is 2. The van der Waals surface area contributed by atoms with E-state index in [2.05, 4.69) is 17.4 Å². The van der Waals surface area contributed by atoms with E-state index in [4.69, 9.17) is 4.98 Å². The van der Waals surface area contributed by atoms with Crippen molar-refractivity contribution in [1.29, 1.82) is 0 Å². The molecule has 0 unspecified atom stereocenters. The topological polar surface area (TPSA) is 64.0 Å². The van der Waals surface area contributed by atoms with E-state index < -0.39 is 0 Å². The summed E-state index contributed by atoms with van der Waals surface area (Å²) in [7, 11) is 0. The first-order chi connectivity index (χ1) is 16.2. The number of anilines is 1. The molecule has 0 bridgehead atoms. The van der Waals surface area contributed by atoms with Gasteiger partial charge in [-0.25, -0.2) is 4.98 Å². The van der Waals surface area contributed by atoms with Crippen molar-refractivity contribution in [2.45, 2.75) is 36.9 Å². The van der Waals surface area contributed by atoms with E-state index in [-0.39, 0.29) is 23.3 Å². The molecule has 33 heavy (non-hydrogen) atoms. The molecule has 0 radical (unpaired) electrons. The van der Waals surface area contributed by atoms with Crippen molar-refractivity contribution in [3.05, 3.63) is 89.2 Å². The molecule has 6 heteroatoms. The number of fused-ring (bicyclic) bond motifs is 1. The molecular formula is C27H25N3O2S. The van der Waals surface area contributed by atoms with Gasteiger partial charge in [-0.15, -0.1) is 0 Å². The number of benzene rings is 3. The number of hydrogen-bond donors (Lipinski definition) is 1. The molecule has 0 saturated heterocycles. The van der Waals surface area contributed by atoms with Gasteiger partial charge < -0.3 is 5.32 Å². The number of amides is 1. The second-order valence-electron chi connectivity index (χ2n) is 8.31. The second kappa shape index (κ2) is 9.63. The summed E-state index contributed by atoms with van der Waals surface area (Å²) in [5.74, 6) is 0.0747. The molecule has 1 aliphatic rings. The highest BCUT2D eigenvalue weighted by molar-refractivity contribution is 7.99. The maximum absolute atomic E-state index is 13.2. The lowest BCUT2D eigenvalue weighted by Crippen LogP contribution is -2.27. The summed E-state index contributed by atoms with van der Waals surface area (Å²) in [5.41, 5.74) is 3.66. The Hall–Kier alpha value is -3.38. The SMILES string of the molecule is O=C(CSc1nc2ccccc2c(=O)n1C1CCCC1)Nc1ccc(-c2ccccc2)cc1. The summed E-state index contributed by atoms with van der Waals surface area (Å²) < 4.78 is 1.82. The van der Waals surface area contributed by atoms with Crippen LogP contribution in [0.15, 0.2) is 88.8 Å². The van der Waals surface area contributed by atoms with Crippen LogP contribution >= 0.6 is 11.8 Å². The standard InChI is InChI=1S/C27H25N3O2S/c31-25(28-21-16-14-20(15-17-21)19-8-2-1-3-9-19)18-33-27-29-24-13-7-6-12-23(24)26(32)30(27)22-10-4-5-11-22/h1-3,6-9,12-17,22H,4-5,10-11,18H2,(H,28,31). The third kappa shape index (κ3) is 4.71. The maximum atomic E-state index is 13.2. The van der Waals surface area contributed by atoms with Gasteiger partial charge in [0.1, 0.15) is 0 Å². The molecule has 1 saturated carbocycles. The van der Waals surface area contributed by atoms with Gasteiger partial charge in [0, 0.05) is 11.7 Å². The van der Waals surface area contributed by atoms with Gasteiger partial charge in [-0.1, -0.05) is 79.2 Å². The lowest BCUT2D eigenvalue weighted by molar-refractivity contribution is -0.113. The van der Waals surface area contributed by atoms with Gasteiger partial charge in [0.15, 0.2) is 5.16 Å². The molecule has 1 amide bonds. The predicted octanol–water partition coefficient (Wildman–Crippen LogP) is 5.91. The van der Waals surface area contributed by atoms with Crippen LogP contribution in [0.5, 0.6) is 0 Å². The molecule has 1 fully saturated rings. The van der Waals surface area contributed by atoms with Crippen molar-refractivity contribution in [2.24, 2.45) is 0 Å². The number of para-hydroxylation sites is 1. The summed E-state index contributed by atoms with van der Waals surface area (Å²) in [6, 6.07) is 25.5. The van der Waals surface area contributed by atoms with Crippen molar-refractivity contribution in [1.82, 2.24) is 9.55 Å². The summed E-state index contributed by atoms with van der Waals surface area (Å²) >= 11 is 1.33. The van der Waals surface area contributed by atoms with Crippen molar-refractivity contribution in [3.63, 3.8) is 0 Å². The zero-order valence-corrected chi connectivity index (χ0v) is 19.1. The first-order valence-corrected chi connectivity index (χ1v) is 12.3. The summed E-state index contributed by atoms with van der Waals surface area (Å²) in [6.45, 7) is 0. The molecule has 1 N–H and O–H groups in total. The average molecular weight is 456 g/mol. The minimum atomic E-state index is -0.118. The van der Waals surface area contributed by atoms with Gasteiger partial charge in [-0.2, -0.15) is 0 Å². The quantitative estimate of drug-likeness (QED) is 0.290. The Morgan fingerprint density at radius 2 is 1.58 bits per heavy atom. The van der Waals surface area contributed by atoms with Crippen LogP contribution in [0.25, 0.3) is 22.0 Å². The third-order valence-corrected chi connectivity index (χ3v) is 7.03. The van der Waals surface area contributed by atoms with E-state index in [1.165, 1.54) is 11.8 Å². The van der Waals surface area contributed by atoms with Crippen molar-refractivity contribution in [3.8, 4) is 11.1 Å². The van der Waals surface area contributed by atoms with Crippen molar-refractivity contribution in [2.75, 3.05) is 11.1 Å². The van der Waals surface area contributed by atoms with E-state index in [0.29, 0.717) is 16.1 Å². The number of hydrogen-bond acceptors (Lipinski definition) is 4. The smallest absolute Gasteiger partial charge is 0.262 e. The van der Waals surface area contributed by atoms with E-state index in [9.17, 15) is 9.59 Å². The molecule has 0 aliphatic heterocycles. The van der Waals surface area contributed by atoms with Crippen molar-refractivity contribution >= 4 is 34.3 Å². The largest absolute Gasteiger partial charge is 0.325 e. The maximum Gasteiger partial charge on any atom is 0.262 e. The Bertz CT molecular complexity index is 1330. The predicted molar refractivity (Wildman–Crippen MR) is 135 cm³/mol. The first kappa shape index (κ1) is 21.5. The molecule has 1 heterocycles. The number of aromatic nitrogens is 2. The highest BCUT2D eigenvalue weighted by Gasteiger charge is 2.23. The van der Waals surface area contributed by atoms with Crippen molar-refractivity contribution < 1.29 is 4.79 Å². The fourth-order valence-electron chi connectivity index (χ4n) is 4.42. The zero-order valence-electron chi connectivity index (χ0n) is 18.2. The molecule has 5 nitrogen and oxygen atoms in total. The second-order valence-corrected chi connectivity index (χ2v) is 9.25. The van der Waals surface area contributed by atoms with Gasteiger partial charge in [0.25, 0.3) is 5.56 Å². The molecule has 3 aromatic carbocycles. The Labute approximate surface area is 196 Å². The van der Waals surface area contributed by atoms with E-state index in [1.807, 2.05) is 71.3 Å². The lowest BCUT2D eigenvalue weighted by Gasteiger charge is -2.18. The van der Waals surface area contributed by atoms with Crippen LogP contribution in [0.2, 0.25) is 0 Å². The van der Waals surface area contributed by atoms with Crippen LogP contribution in [-0.4, -0.2) is 21.2 Å². The summed E-state index contributed by atoms with van der Waals surface area (Å²) in [5, 5.41) is 4.22. The van der Waals surface area contributed by atoms with Crippen LogP contribution < -0.4 is 10.9 Å². The van der Waals surface area contributed by atoms with Gasteiger partial charge in [-0.3, -0.25) is 14.2 Å². The molecule has 0 spiro atoms. The van der Waals surface area contributed by atoms with Crippen LogP contribution in [0.1, 0.15) is 31.7 Å². The van der Waals surface area contributed by atoms with Gasteiger partial charge in [-0.05, 0) is 48.2 Å². The fourth-order valence-corrected chi connectivity index (χ4v) is 5.28. The van der Waals surface area contributed by atoms with Gasteiger partial charge in [0.2, 0.25) is 5.91 Å². The molecule has 1 aromatic heterocycles.